The third-order valence-corrected chi connectivity index (χ3v) is 5.49. The summed E-state index contributed by atoms with van der Waals surface area (Å²) in [5, 5.41) is 6.11. The molecule has 0 saturated carbocycles. The van der Waals surface area contributed by atoms with Crippen LogP contribution in [0.3, 0.4) is 0 Å². The van der Waals surface area contributed by atoms with Crippen molar-refractivity contribution >= 4 is 28.1 Å². The Morgan fingerprint density at radius 3 is 2.77 bits per heavy atom. The van der Waals surface area contributed by atoms with E-state index in [-0.39, 0.29) is 11.9 Å². The first-order valence-electron chi connectivity index (χ1n) is 9.43. The molecule has 136 valence electrons. The van der Waals surface area contributed by atoms with E-state index in [0.29, 0.717) is 5.56 Å². The molecule has 1 aromatic carbocycles. The van der Waals surface area contributed by atoms with Crippen LogP contribution < -0.4 is 5.32 Å². The minimum Gasteiger partial charge on any atom is -0.350 e. The summed E-state index contributed by atoms with van der Waals surface area (Å²) in [7, 11) is 0. The number of nitrogens with zero attached hydrogens (tertiary/aromatic N) is 1. The summed E-state index contributed by atoms with van der Waals surface area (Å²) in [6.45, 7) is 4.30. The number of para-hydroxylation sites is 1. The van der Waals surface area contributed by atoms with Crippen LogP contribution in [-0.2, 0) is 0 Å². The molecule has 2 aromatic heterocycles. The van der Waals surface area contributed by atoms with Gasteiger partial charge in [-0.1, -0.05) is 56.9 Å². The molecule has 1 atom stereocenters. The molecule has 0 spiro atoms. The Hall–Kier alpha value is -2.20. The van der Waals surface area contributed by atoms with Crippen LogP contribution in [0.15, 0.2) is 47.8 Å². The van der Waals surface area contributed by atoms with E-state index in [1.807, 2.05) is 47.8 Å². The summed E-state index contributed by atoms with van der Waals surface area (Å²) < 4.78 is 0. The number of thiophene rings is 1. The zero-order chi connectivity index (χ0) is 18.4. The summed E-state index contributed by atoms with van der Waals surface area (Å²) in [5.74, 6) is -0.00982. The molecule has 0 saturated heterocycles. The van der Waals surface area contributed by atoms with E-state index in [1.54, 1.807) is 11.3 Å². The third kappa shape index (κ3) is 4.50. The lowest BCUT2D eigenvalue weighted by Gasteiger charge is -2.15. The number of unbranched alkanes of at least 4 members (excludes halogenated alkanes) is 3. The van der Waals surface area contributed by atoms with Crippen LogP contribution in [0.5, 0.6) is 0 Å². The van der Waals surface area contributed by atoms with Crippen molar-refractivity contribution in [3.8, 4) is 10.6 Å². The molecule has 2 heterocycles. The molecule has 0 fully saturated rings. The first kappa shape index (κ1) is 18.6. The maximum atomic E-state index is 12.9. The van der Waals surface area contributed by atoms with Crippen LogP contribution in [0.4, 0.5) is 0 Å². The second-order valence-corrected chi connectivity index (χ2v) is 7.72. The fourth-order valence-electron chi connectivity index (χ4n) is 3.16. The zero-order valence-electron chi connectivity index (χ0n) is 15.5. The zero-order valence-corrected chi connectivity index (χ0v) is 16.3. The molecular formula is C22H26N2OS. The summed E-state index contributed by atoms with van der Waals surface area (Å²) in [4.78, 5) is 18.8. The van der Waals surface area contributed by atoms with Gasteiger partial charge in [0.1, 0.15) is 0 Å². The number of hydrogen-bond acceptors (Lipinski definition) is 3. The molecule has 1 amide bonds. The molecule has 26 heavy (non-hydrogen) atoms. The van der Waals surface area contributed by atoms with E-state index in [4.69, 9.17) is 4.98 Å². The number of benzene rings is 1. The number of hydrogen-bond donors (Lipinski definition) is 1. The first-order chi connectivity index (χ1) is 12.7. The maximum Gasteiger partial charge on any atom is 0.252 e. The Balaban J connectivity index is 1.82. The van der Waals surface area contributed by atoms with Gasteiger partial charge in [0.15, 0.2) is 0 Å². The SMILES string of the molecule is CCCCCC[C@@H](C)NC(=O)c1cc(-c2cccs2)nc2ccccc12. The molecule has 4 heteroatoms. The molecule has 0 unspecified atom stereocenters. The molecule has 3 rings (SSSR count). The number of carbonyl (C=O) groups excluding carboxylic acids is 1. The van der Waals surface area contributed by atoms with Crippen molar-refractivity contribution in [2.75, 3.05) is 0 Å². The average molecular weight is 367 g/mol. The van der Waals surface area contributed by atoms with Crippen LogP contribution >= 0.6 is 11.3 Å². The van der Waals surface area contributed by atoms with Crippen LogP contribution in [0.2, 0.25) is 0 Å². The highest BCUT2D eigenvalue weighted by atomic mass is 32.1. The average Bonchev–Trinajstić information content (AvgIpc) is 3.19. The van der Waals surface area contributed by atoms with Gasteiger partial charge in [-0.05, 0) is 36.9 Å². The summed E-state index contributed by atoms with van der Waals surface area (Å²) in [5.41, 5.74) is 2.43. The topological polar surface area (TPSA) is 42.0 Å². The Morgan fingerprint density at radius 1 is 1.15 bits per heavy atom. The second-order valence-electron chi connectivity index (χ2n) is 6.77. The van der Waals surface area contributed by atoms with Crippen molar-refractivity contribution in [2.24, 2.45) is 0 Å². The monoisotopic (exact) mass is 366 g/mol. The predicted octanol–water partition coefficient (Wildman–Crippen LogP) is 6.05. The largest absolute Gasteiger partial charge is 0.350 e. The Kier molecular flexibility index (Phi) is 6.40. The van der Waals surface area contributed by atoms with Crippen molar-refractivity contribution in [3.63, 3.8) is 0 Å². The van der Waals surface area contributed by atoms with Crippen LogP contribution in [0, 0.1) is 0 Å². The lowest BCUT2D eigenvalue weighted by atomic mass is 10.0. The highest BCUT2D eigenvalue weighted by molar-refractivity contribution is 7.13. The van der Waals surface area contributed by atoms with Gasteiger partial charge >= 0.3 is 0 Å². The van der Waals surface area contributed by atoms with Crippen molar-refractivity contribution in [3.05, 3.63) is 53.4 Å². The lowest BCUT2D eigenvalue weighted by Crippen LogP contribution is -2.32. The van der Waals surface area contributed by atoms with Gasteiger partial charge in [0.25, 0.3) is 5.91 Å². The van der Waals surface area contributed by atoms with Gasteiger partial charge in [-0.3, -0.25) is 4.79 Å². The van der Waals surface area contributed by atoms with Gasteiger partial charge in [-0.15, -0.1) is 11.3 Å². The van der Waals surface area contributed by atoms with E-state index in [1.165, 1.54) is 19.3 Å². The number of carbonyl (C=O) groups is 1. The lowest BCUT2D eigenvalue weighted by molar-refractivity contribution is 0.0939. The Labute approximate surface area is 159 Å². The highest BCUT2D eigenvalue weighted by Gasteiger charge is 2.16. The summed E-state index contributed by atoms with van der Waals surface area (Å²) >= 11 is 1.64. The van der Waals surface area contributed by atoms with Crippen LogP contribution in [-0.4, -0.2) is 16.9 Å². The normalized spacial score (nSPS) is 12.2. The van der Waals surface area contributed by atoms with Gasteiger partial charge in [-0.2, -0.15) is 0 Å². The number of rotatable bonds is 8. The maximum absolute atomic E-state index is 12.9. The summed E-state index contributed by atoms with van der Waals surface area (Å²) in [6.07, 6.45) is 5.91. The van der Waals surface area contributed by atoms with Gasteiger partial charge in [0.05, 0.1) is 21.7 Å². The minimum atomic E-state index is -0.00982. The van der Waals surface area contributed by atoms with Gasteiger partial charge in [-0.25, -0.2) is 4.98 Å². The second kappa shape index (κ2) is 8.95. The number of amides is 1. The molecule has 1 N–H and O–H groups in total. The van der Waals surface area contributed by atoms with E-state index >= 15 is 0 Å². The number of nitrogens with one attached hydrogen (secondary N) is 1. The van der Waals surface area contributed by atoms with Gasteiger partial charge in [0, 0.05) is 11.4 Å². The third-order valence-electron chi connectivity index (χ3n) is 4.60. The fraction of sp³-hybridized carbons (Fsp3) is 0.364. The van der Waals surface area contributed by atoms with E-state index in [9.17, 15) is 4.79 Å². The quantitative estimate of drug-likeness (QED) is 0.493. The molecule has 0 aliphatic heterocycles. The van der Waals surface area contributed by atoms with Gasteiger partial charge in [0.2, 0.25) is 0 Å². The molecule has 0 bridgehead atoms. The number of fused-ring (bicyclic) bond motifs is 1. The molecule has 0 radical (unpaired) electrons. The minimum absolute atomic E-state index is 0.00982. The molecule has 0 aliphatic carbocycles. The van der Waals surface area contributed by atoms with Crippen molar-refractivity contribution < 1.29 is 4.79 Å². The highest BCUT2D eigenvalue weighted by Crippen LogP contribution is 2.28. The van der Waals surface area contributed by atoms with E-state index in [2.05, 4.69) is 19.2 Å². The molecule has 3 aromatic rings. The van der Waals surface area contributed by atoms with Crippen LogP contribution in [0.25, 0.3) is 21.5 Å². The predicted molar refractivity (Wildman–Crippen MR) is 111 cm³/mol. The van der Waals surface area contributed by atoms with Crippen LogP contribution in [0.1, 0.15) is 56.3 Å². The van der Waals surface area contributed by atoms with Gasteiger partial charge < -0.3 is 5.32 Å². The standard InChI is InChI=1S/C22H26N2OS/c1-3-4-5-6-10-16(2)23-22(25)18-15-20(21-13-9-14-26-21)24-19-12-8-7-11-17(18)19/h7-9,11-16H,3-6,10H2,1-2H3,(H,23,25)/t16-/m1/s1. The van der Waals surface area contributed by atoms with E-state index < -0.39 is 0 Å². The van der Waals surface area contributed by atoms with Crippen molar-refractivity contribution in [2.45, 2.75) is 52.0 Å². The fourth-order valence-corrected chi connectivity index (χ4v) is 3.85. The Morgan fingerprint density at radius 2 is 2.00 bits per heavy atom. The van der Waals surface area contributed by atoms with Crippen molar-refractivity contribution in [1.82, 2.24) is 10.3 Å². The number of aromatic nitrogens is 1. The summed E-state index contributed by atoms with van der Waals surface area (Å²) in [6, 6.07) is 14.0. The smallest absolute Gasteiger partial charge is 0.252 e. The Bertz CT molecular complexity index is 858. The molecule has 3 nitrogen and oxygen atoms in total. The van der Waals surface area contributed by atoms with E-state index in [0.717, 1.165) is 34.3 Å². The molecular weight excluding hydrogens is 340 g/mol. The number of pyridine rings is 1. The molecule has 0 aliphatic rings. The first-order valence-corrected chi connectivity index (χ1v) is 10.3. The van der Waals surface area contributed by atoms with Crippen molar-refractivity contribution in [1.29, 1.82) is 0 Å².